The number of carbonyl (C=O) groups excluding carboxylic acids is 3. The minimum Gasteiger partial charge on any atom is -0.508 e. The summed E-state index contributed by atoms with van der Waals surface area (Å²) in [4.78, 5) is 52.4. The first-order valence-corrected chi connectivity index (χ1v) is 11.9. The maximum absolute atomic E-state index is 12.8. The van der Waals surface area contributed by atoms with Crippen molar-refractivity contribution in [3.63, 3.8) is 0 Å². The van der Waals surface area contributed by atoms with Crippen molar-refractivity contribution in [2.24, 2.45) is 5.73 Å². The van der Waals surface area contributed by atoms with Crippen LogP contribution >= 0.6 is 0 Å². The molecule has 0 saturated heterocycles. The number of phenolic OH excluding ortho intramolecular Hbond substituents is 1. The molecule has 1 heterocycles. The van der Waals surface area contributed by atoms with Crippen molar-refractivity contribution in [1.29, 1.82) is 0 Å². The van der Waals surface area contributed by atoms with Gasteiger partial charge in [0.15, 0.2) is 0 Å². The van der Waals surface area contributed by atoms with Gasteiger partial charge in [-0.3, -0.25) is 14.4 Å². The number of hydrogen-bond acceptors (Lipinski definition) is 7. The molecule has 3 rings (SSSR count). The lowest BCUT2D eigenvalue weighted by molar-refractivity contribution is -0.142. The summed E-state index contributed by atoms with van der Waals surface area (Å²) in [7, 11) is 0. The molecule has 0 aliphatic rings. The van der Waals surface area contributed by atoms with Gasteiger partial charge in [0.25, 0.3) is 0 Å². The van der Waals surface area contributed by atoms with E-state index in [1.807, 2.05) is 24.3 Å². The maximum Gasteiger partial charge on any atom is 0.326 e. The number of para-hydroxylation sites is 1. The number of aliphatic hydroxyl groups is 1. The number of carbonyl (C=O) groups is 4. The van der Waals surface area contributed by atoms with Gasteiger partial charge >= 0.3 is 5.97 Å². The second kappa shape index (κ2) is 12.7. The number of carboxylic acid groups (broad SMARTS) is 1. The number of rotatable bonds is 12. The number of aliphatic carboxylic acids is 1. The highest BCUT2D eigenvalue weighted by atomic mass is 16.4. The molecule has 0 bridgehead atoms. The Balaban J connectivity index is 1.55. The largest absolute Gasteiger partial charge is 0.508 e. The molecule has 38 heavy (non-hydrogen) atoms. The topological polar surface area (TPSA) is 207 Å². The molecule has 2 aromatic carbocycles. The summed E-state index contributed by atoms with van der Waals surface area (Å²) in [5.41, 5.74) is 8.08. The molecule has 12 nitrogen and oxygen atoms in total. The van der Waals surface area contributed by atoms with Crippen molar-refractivity contribution in [3.8, 4) is 5.75 Å². The van der Waals surface area contributed by atoms with E-state index in [0.29, 0.717) is 11.1 Å². The number of hydrogen-bond donors (Lipinski definition) is 8. The maximum atomic E-state index is 12.8. The van der Waals surface area contributed by atoms with Crippen molar-refractivity contribution in [3.05, 3.63) is 65.9 Å². The van der Waals surface area contributed by atoms with E-state index in [1.54, 1.807) is 18.3 Å². The molecule has 12 heteroatoms. The smallest absolute Gasteiger partial charge is 0.326 e. The van der Waals surface area contributed by atoms with E-state index < -0.39 is 54.5 Å². The van der Waals surface area contributed by atoms with Gasteiger partial charge in [0.1, 0.15) is 17.8 Å². The summed E-state index contributed by atoms with van der Waals surface area (Å²) in [6, 6.07) is 9.71. The Bertz CT molecular complexity index is 1290. The minimum atomic E-state index is -1.46. The molecule has 0 saturated carbocycles. The van der Waals surface area contributed by atoms with Crippen LogP contribution in [0, 0.1) is 0 Å². The molecule has 9 N–H and O–H groups in total. The highest BCUT2D eigenvalue weighted by Gasteiger charge is 2.30. The zero-order chi connectivity index (χ0) is 27.8. The zero-order valence-corrected chi connectivity index (χ0v) is 20.7. The van der Waals surface area contributed by atoms with Gasteiger partial charge in [-0.25, -0.2) is 4.79 Å². The number of H-pyrrole nitrogens is 1. The summed E-state index contributed by atoms with van der Waals surface area (Å²) >= 11 is 0. The first-order chi connectivity index (χ1) is 18.0. The first kappa shape index (κ1) is 28.2. The molecule has 3 amide bonds. The van der Waals surface area contributed by atoms with Crippen LogP contribution in [0.4, 0.5) is 0 Å². The second-order valence-corrected chi connectivity index (χ2v) is 8.94. The number of fused-ring (bicyclic) bond motifs is 1. The number of aromatic nitrogens is 1. The van der Waals surface area contributed by atoms with E-state index in [9.17, 15) is 34.5 Å². The highest BCUT2D eigenvalue weighted by molar-refractivity contribution is 5.93. The Labute approximate surface area is 218 Å². The van der Waals surface area contributed by atoms with E-state index in [2.05, 4.69) is 20.9 Å². The fraction of sp³-hybridized carbons (Fsp3) is 0.308. The number of benzene rings is 2. The van der Waals surface area contributed by atoms with Crippen LogP contribution < -0.4 is 21.7 Å². The third kappa shape index (κ3) is 7.54. The van der Waals surface area contributed by atoms with E-state index in [1.165, 1.54) is 19.1 Å². The summed E-state index contributed by atoms with van der Waals surface area (Å²) in [5, 5.41) is 36.9. The van der Waals surface area contributed by atoms with E-state index in [4.69, 9.17) is 5.73 Å². The molecule has 0 unspecified atom stereocenters. The van der Waals surface area contributed by atoms with Gasteiger partial charge in [0, 0.05) is 23.5 Å². The van der Waals surface area contributed by atoms with Crippen molar-refractivity contribution in [2.75, 3.05) is 6.54 Å². The summed E-state index contributed by atoms with van der Waals surface area (Å²) in [6.07, 6.45) is 0.448. The van der Waals surface area contributed by atoms with Crippen LogP contribution in [0.25, 0.3) is 10.9 Å². The fourth-order valence-electron chi connectivity index (χ4n) is 3.89. The van der Waals surface area contributed by atoms with Crippen LogP contribution in [0.1, 0.15) is 18.1 Å². The van der Waals surface area contributed by atoms with Gasteiger partial charge in [-0.2, -0.15) is 0 Å². The molecule has 0 fully saturated rings. The van der Waals surface area contributed by atoms with Crippen molar-refractivity contribution in [2.45, 2.75) is 44.0 Å². The predicted octanol–water partition coefficient (Wildman–Crippen LogP) is -0.463. The molecular formula is C26H31N5O7. The lowest BCUT2D eigenvalue weighted by Gasteiger charge is -2.23. The van der Waals surface area contributed by atoms with Crippen molar-refractivity contribution in [1.82, 2.24) is 20.9 Å². The van der Waals surface area contributed by atoms with Crippen LogP contribution in [-0.4, -0.2) is 74.8 Å². The zero-order valence-electron chi connectivity index (χ0n) is 20.7. The molecule has 0 spiro atoms. The number of amides is 3. The Hall–Kier alpha value is -4.42. The Morgan fingerprint density at radius 1 is 0.974 bits per heavy atom. The quantitative estimate of drug-likeness (QED) is 0.155. The van der Waals surface area contributed by atoms with Gasteiger partial charge in [-0.15, -0.1) is 0 Å². The minimum absolute atomic E-state index is 0.0272. The lowest BCUT2D eigenvalue weighted by atomic mass is 10.0. The Kier molecular flexibility index (Phi) is 9.41. The molecule has 3 aromatic rings. The monoisotopic (exact) mass is 525 g/mol. The normalized spacial score (nSPS) is 14.2. The number of aromatic hydroxyl groups is 1. The van der Waals surface area contributed by atoms with E-state index in [-0.39, 0.29) is 18.6 Å². The first-order valence-electron chi connectivity index (χ1n) is 11.9. The van der Waals surface area contributed by atoms with Crippen LogP contribution in [0.3, 0.4) is 0 Å². The fourth-order valence-corrected chi connectivity index (χ4v) is 3.89. The van der Waals surface area contributed by atoms with Gasteiger partial charge in [0.2, 0.25) is 17.7 Å². The van der Waals surface area contributed by atoms with E-state index >= 15 is 0 Å². The van der Waals surface area contributed by atoms with Crippen molar-refractivity contribution < 1.29 is 34.5 Å². The number of aromatic amines is 1. The molecular weight excluding hydrogens is 494 g/mol. The molecule has 1 aromatic heterocycles. The van der Waals surface area contributed by atoms with Crippen LogP contribution in [0.15, 0.2) is 54.7 Å². The highest BCUT2D eigenvalue weighted by Crippen LogP contribution is 2.19. The lowest BCUT2D eigenvalue weighted by Crippen LogP contribution is -2.57. The number of nitrogens with one attached hydrogen (secondary N) is 4. The predicted molar refractivity (Wildman–Crippen MR) is 138 cm³/mol. The summed E-state index contributed by atoms with van der Waals surface area (Å²) < 4.78 is 0. The summed E-state index contributed by atoms with van der Waals surface area (Å²) in [5.74, 6) is -3.49. The average molecular weight is 526 g/mol. The van der Waals surface area contributed by atoms with Crippen LogP contribution in [0.2, 0.25) is 0 Å². The number of carboxylic acids is 1. The van der Waals surface area contributed by atoms with Gasteiger partial charge in [-0.1, -0.05) is 30.3 Å². The summed E-state index contributed by atoms with van der Waals surface area (Å²) in [6.45, 7) is 0.752. The molecule has 0 aliphatic heterocycles. The average Bonchev–Trinajstić information content (AvgIpc) is 3.29. The molecule has 202 valence electrons. The van der Waals surface area contributed by atoms with E-state index in [0.717, 1.165) is 10.9 Å². The molecule has 4 atom stereocenters. The standard InChI is InChI=1S/C26H31N5O7/c1-14(32)23(31-22(34)13-29-24(35)19(27)10-15-6-8-17(33)9-7-15)25(36)30-21(26(37)38)11-16-12-28-20-5-3-2-4-18(16)20/h2-9,12,14,19,21,23,28,32-33H,10-11,13,27H2,1H3,(H,29,35)(H,30,36)(H,31,34)(H,37,38)/t14-,19+,21+,23+/m1/s1. The number of nitrogens with two attached hydrogens (primary N) is 1. The second-order valence-electron chi connectivity index (χ2n) is 8.94. The van der Waals surface area contributed by atoms with Crippen molar-refractivity contribution >= 4 is 34.6 Å². The number of aliphatic hydroxyl groups excluding tert-OH is 1. The van der Waals surface area contributed by atoms with Gasteiger partial charge < -0.3 is 42.0 Å². The van der Waals surface area contributed by atoms with Gasteiger partial charge in [0.05, 0.1) is 18.7 Å². The molecule has 0 radical (unpaired) electrons. The van der Waals surface area contributed by atoms with Crippen LogP contribution in [0.5, 0.6) is 5.75 Å². The SMILES string of the molecule is C[C@@H](O)[C@H](NC(=O)CNC(=O)[C@@H](N)Cc1ccc(O)cc1)C(=O)N[C@@H](Cc1c[nH]c2ccccc12)C(=O)O. The van der Waals surface area contributed by atoms with Gasteiger partial charge in [-0.05, 0) is 42.7 Å². The Morgan fingerprint density at radius 2 is 1.66 bits per heavy atom. The third-order valence-electron chi connectivity index (χ3n) is 5.95. The molecule has 0 aliphatic carbocycles. The number of phenols is 1. The Morgan fingerprint density at radius 3 is 2.32 bits per heavy atom. The third-order valence-corrected chi connectivity index (χ3v) is 5.95. The van der Waals surface area contributed by atoms with Crippen LogP contribution in [-0.2, 0) is 32.0 Å².